The number of allylic oxidation sites excluding steroid dienone is 1. The van der Waals surface area contributed by atoms with Gasteiger partial charge in [-0.15, -0.1) is 5.10 Å². The second-order valence-corrected chi connectivity index (χ2v) is 6.60. The third-order valence-corrected chi connectivity index (χ3v) is 4.60. The summed E-state index contributed by atoms with van der Waals surface area (Å²) < 4.78 is 1.66. The highest BCUT2D eigenvalue weighted by atomic mass is 16.3. The molecule has 1 atom stereocenters. The molecule has 0 unspecified atom stereocenters. The number of anilines is 1. The maximum Gasteiger partial charge on any atom is 0.248 e. The van der Waals surface area contributed by atoms with E-state index in [1.165, 1.54) is 0 Å². The van der Waals surface area contributed by atoms with Gasteiger partial charge in [0.25, 0.3) is 0 Å². The molecule has 1 aromatic heterocycles. The number of phenols is 1. The molecular weight excluding hydrogens is 342 g/mol. The molecule has 27 heavy (non-hydrogen) atoms. The summed E-state index contributed by atoms with van der Waals surface area (Å²) in [7, 11) is 0. The predicted octanol–water partition coefficient (Wildman–Crippen LogP) is 2.73. The Hall–Kier alpha value is -3.61. The molecule has 7 nitrogen and oxygen atoms in total. The normalized spacial score (nSPS) is 16.0. The molecule has 0 radical (unpaired) electrons. The third kappa shape index (κ3) is 2.93. The van der Waals surface area contributed by atoms with Crippen molar-refractivity contribution in [3.8, 4) is 17.1 Å². The molecule has 0 fully saturated rings. The van der Waals surface area contributed by atoms with Gasteiger partial charge in [0.1, 0.15) is 11.8 Å². The summed E-state index contributed by atoms with van der Waals surface area (Å²) in [4.78, 5) is 16.8. The Morgan fingerprint density at radius 2 is 1.93 bits per heavy atom. The summed E-state index contributed by atoms with van der Waals surface area (Å²) in [6.07, 6.45) is 0. The van der Waals surface area contributed by atoms with Crippen LogP contribution in [0.3, 0.4) is 0 Å². The molecule has 1 amide bonds. The number of amides is 1. The van der Waals surface area contributed by atoms with Gasteiger partial charge in [0, 0.05) is 11.3 Å². The fourth-order valence-electron chi connectivity index (χ4n) is 3.34. The van der Waals surface area contributed by atoms with Crippen molar-refractivity contribution in [1.29, 1.82) is 0 Å². The Bertz CT molecular complexity index is 1070. The molecule has 4 rings (SSSR count). The molecule has 2 aromatic carbocycles. The number of primary amides is 1. The first-order valence-electron chi connectivity index (χ1n) is 8.54. The lowest BCUT2D eigenvalue weighted by Crippen LogP contribution is -2.31. The molecule has 7 heteroatoms. The summed E-state index contributed by atoms with van der Waals surface area (Å²) in [5.41, 5.74) is 9.49. The molecule has 136 valence electrons. The lowest BCUT2D eigenvalue weighted by atomic mass is 9.95. The van der Waals surface area contributed by atoms with Crippen LogP contribution in [0.15, 0.2) is 59.8 Å². The van der Waals surface area contributed by atoms with Gasteiger partial charge < -0.3 is 16.2 Å². The van der Waals surface area contributed by atoms with Crippen molar-refractivity contribution in [2.75, 3.05) is 5.32 Å². The first-order valence-corrected chi connectivity index (χ1v) is 8.54. The van der Waals surface area contributed by atoms with E-state index in [2.05, 4.69) is 15.4 Å². The van der Waals surface area contributed by atoms with Crippen LogP contribution in [-0.4, -0.2) is 25.8 Å². The zero-order valence-corrected chi connectivity index (χ0v) is 15.0. The Labute approximate surface area is 156 Å². The van der Waals surface area contributed by atoms with Gasteiger partial charge in [0.15, 0.2) is 5.82 Å². The topological polar surface area (TPSA) is 106 Å². The smallest absolute Gasteiger partial charge is 0.248 e. The van der Waals surface area contributed by atoms with Gasteiger partial charge in [-0.05, 0) is 37.6 Å². The molecule has 1 aliphatic heterocycles. The number of aromatic hydroxyl groups is 1. The number of carbonyl (C=O) groups is 1. The van der Waals surface area contributed by atoms with Crippen LogP contribution in [0.1, 0.15) is 24.1 Å². The maximum absolute atomic E-state index is 12.2. The van der Waals surface area contributed by atoms with Crippen LogP contribution in [0.4, 0.5) is 5.95 Å². The second-order valence-electron chi connectivity index (χ2n) is 6.60. The van der Waals surface area contributed by atoms with Crippen molar-refractivity contribution >= 4 is 11.9 Å². The number of nitrogens with one attached hydrogen (secondary N) is 1. The molecule has 1 aliphatic rings. The minimum Gasteiger partial charge on any atom is -0.508 e. The van der Waals surface area contributed by atoms with Gasteiger partial charge in [-0.3, -0.25) is 4.79 Å². The van der Waals surface area contributed by atoms with E-state index in [4.69, 9.17) is 5.73 Å². The summed E-state index contributed by atoms with van der Waals surface area (Å²) >= 11 is 0. The van der Waals surface area contributed by atoms with Gasteiger partial charge in [0.05, 0.1) is 5.57 Å². The number of hydrogen-bond donors (Lipinski definition) is 3. The molecule has 3 aromatic rings. The van der Waals surface area contributed by atoms with Gasteiger partial charge in [-0.25, -0.2) is 4.68 Å². The van der Waals surface area contributed by atoms with E-state index in [9.17, 15) is 9.90 Å². The number of nitrogens with two attached hydrogens (primary N) is 1. The summed E-state index contributed by atoms with van der Waals surface area (Å²) in [6.45, 7) is 3.80. The highest BCUT2D eigenvalue weighted by Crippen LogP contribution is 2.36. The van der Waals surface area contributed by atoms with Crippen molar-refractivity contribution in [2.24, 2.45) is 5.73 Å². The number of aromatic nitrogens is 3. The summed E-state index contributed by atoms with van der Waals surface area (Å²) in [5, 5.41) is 17.4. The van der Waals surface area contributed by atoms with Gasteiger partial charge in [-0.1, -0.05) is 35.9 Å². The highest BCUT2D eigenvalue weighted by molar-refractivity contribution is 5.95. The Balaban J connectivity index is 1.88. The fourth-order valence-corrected chi connectivity index (χ4v) is 3.34. The average molecular weight is 361 g/mol. The van der Waals surface area contributed by atoms with E-state index in [1.807, 2.05) is 31.2 Å². The molecule has 0 saturated carbocycles. The Kier molecular flexibility index (Phi) is 3.92. The van der Waals surface area contributed by atoms with Crippen LogP contribution in [0.25, 0.3) is 11.4 Å². The standard InChI is InChI=1S/C20H19N5O2/c1-11-4-3-5-14(10-11)19-23-20-22-12(2)16(18(21)27)17(25(20)24-19)13-6-8-15(26)9-7-13/h3-10,17,26H,1-2H3,(H2,21,27)(H,22,23,24)/t17-/m1/s1. The first-order chi connectivity index (χ1) is 12.9. The fraction of sp³-hybridized carbons (Fsp3) is 0.150. The molecule has 0 spiro atoms. The zero-order chi connectivity index (χ0) is 19.1. The Morgan fingerprint density at radius 1 is 1.19 bits per heavy atom. The van der Waals surface area contributed by atoms with E-state index >= 15 is 0 Å². The minimum atomic E-state index is -0.531. The number of fused-ring (bicyclic) bond motifs is 1. The van der Waals surface area contributed by atoms with Crippen molar-refractivity contribution in [2.45, 2.75) is 19.9 Å². The second kappa shape index (κ2) is 6.28. The number of carbonyl (C=O) groups excluding carboxylic acids is 1. The van der Waals surface area contributed by atoms with Gasteiger partial charge in [0.2, 0.25) is 11.9 Å². The molecule has 2 heterocycles. The van der Waals surface area contributed by atoms with Crippen LogP contribution in [0, 0.1) is 6.92 Å². The van der Waals surface area contributed by atoms with Gasteiger partial charge in [-0.2, -0.15) is 4.98 Å². The number of nitrogens with zero attached hydrogens (tertiary/aromatic N) is 3. The molecule has 0 aliphatic carbocycles. The van der Waals surface area contributed by atoms with Crippen LogP contribution in [-0.2, 0) is 4.79 Å². The van der Waals surface area contributed by atoms with Crippen LogP contribution >= 0.6 is 0 Å². The van der Waals surface area contributed by atoms with Crippen molar-refractivity contribution in [3.63, 3.8) is 0 Å². The SMILES string of the molecule is CC1=C(C(N)=O)[C@@H](c2ccc(O)cc2)n2nc(-c3cccc(C)c3)nc2N1. The minimum absolute atomic E-state index is 0.147. The molecule has 0 saturated heterocycles. The van der Waals surface area contributed by atoms with Gasteiger partial charge >= 0.3 is 0 Å². The number of rotatable bonds is 3. The number of benzene rings is 2. The lowest BCUT2D eigenvalue weighted by molar-refractivity contribution is -0.115. The first kappa shape index (κ1) is 16.8. The van der Waals surface area contributed by atoms with Crippen LogP contribution in [0.5, 0.6) is 5.75 Å². The maximum atomic E-state index is 12.2. The quantitative estimate of drug-likeness (QED) is 0.665. The average Bonchev–Trinajstić information content (AvgIpc) is 3.04. The van der Waals surface area contributed by atoms with E-state index in [0.717, 1.165) is 16.7 Å². The van der Waals surface area contributed by atoms with Crippen molar-refractivity contribution < 1.29 is 9.90 Å². The van der Waals surface area contributed by atoms with Crippen molar-refractivity contribution in [3.05, 3.63) is 70.9 Å². The number of aryl methyl sites for hydroxylation is 1. The van der Waals surface area contributed by atoms with E-state index in [1.54, 1.807) is 35.9 Å². The third-order valence-electron chi connectivity index (χ3n) is 4.60. The molecule has 0 bridgehead atoms. The van der Waals surface area contributed by atoms with Crippen molar-refractivity contribution in [1.82, 2.24) is 14.8 Å². The van der Waals surface area contributed by atoms with Crippen LogP contribution < -0.4 is 11.1 Å². The van der Waals surface area contributed by atoms with E-state index < -0.39 is 11.9 Å². The summed E-state index contributed by atoms with van der Waals surface area (Å²) in [6, 6.07) is 14.0. The number of hydrogen-bond acceptors (Lipinski definition) is 5. The Morgan fingerprint density at radius 3 is 2.59 bits per heavy atom. The largest absolute Gasteiger partial charge is 0.508 e. The predicted molar refractivity (Wildman–Crippen MR) is 102 cm³/mol. The zero-order valence-electron chi connectivity index (χ0n) is 15.0. The lowest BCUT2D eigenvalue weighted by Gasteiger charge is -2.27. The monoisotopic (exact) mass is 361 g/mol. The molecular formula is C20H19N5O2. The van der Waals surface area contributed by atoms with E-state index in [0.29, 0.717) is 23.0 Å². The summed E-state index contributed by atoms with van der Waals surface area (Å²) in [5.74, 6) is 0.709. The van der Waals surface area contributed by atoms with E-state index in [-0.39, 0.29) is 5.75 Å². The van der Waals surface area contributed by atoms with Crippen LogP contribution in [0.2, 0.25) is 0 Å². The molecule has 4 N–H and O–H groups in total. The highest BCUT2D eigenvalue weighted by Gasteiger charge is 2.33. The number of phenolic OH excluding ortho intramolecular Hbond substituents is 1.